The Labute approximate surface area is 125 Å². The summed E-state index contributed by atoms with van der Waals surface area (Å²) in [4.78, 5) is 4.21. The Hall–Kier alpha value is -1.39. The minimum Gasteiger partial charge on any atom is -0.393 e. The third-order valence-electron chi connectivity index (χ3n) is 4.77. The maximum absolute atomic E-state index is 11.0. The van der Waals surface area contributed by atoms with Gasteiger partial charge in [0.05, 0.1) is 30.2 Å². The topological polar surface area (TPSA) is 57.8 Å². The molecule has 1 fully saturated rings. The van der Waals surface area contributed by atoms with Crippen LogP contribution in [0.15, 0.2) is 24.8 Å². The van der Waals surface area contributed by atoms with Crippen molar-refractivity contribution < 1.29 is 10.2 Å². The molecule has 1 aliphatic rings. The van der Waals surface area contributed by atoms with Gasteiger partial charge in [0.15, 0.2) is 0 Å². The van der Waals surface area contributed by atoms with Crippen LogP contribution >= 0.6 is 0 Å². The second-order valence-corrected chi connectivity index (χ2v) is 6.54. The quantitative estimate of drug-likeness (QED) is 0.912. The first-order valence-corrected chi connectivity index (χ1v) is 7.88. The van der Waals surface area contributed by atoms with E-state index in [9.17, 15) is 10.2 Å². The minimum atomic E-state index is -0.477. The second kappa shape index (κ2) is 5.78. The number of aliphatic hydroxyl groups excluding tert-OH is 2. The largest absolute Gasteiger partial charge is 0.393 e. The summed E-state index contributed by atoms with van der Waals surface area (Å²) in [5.74, 6) is 0.593. The molecule has 21 heavy (non-hydrogen) atoms. The molecule has 0 aliphatic heterocycles. The van der Waals surface area contributed by atoms with Gasteiger partial charge in [0, 0.05) is 11.8 Å². The number of hydrogen-bond acceptors (Lipinski definition) is 3. The Morgan fingerprint density at radius 1 is 1.24 bits per heavy atom. The van der Waals surface area contributed by atoms with Crippen LogP contribution in [0.25, 0.3) is 5.52 Å². The summed E-state index contributed by atoms with van der Waals surface area (Å²) in [6.45, 7) is 4.31. The van der Waals surface area contributed by atoms with Gasteiger partial charge < -0.3 is 14.6 Å². The predicted molar refractivity (Wildman–Crippen MR) is 82.2 cm³/mol. The van der Waals surface area contributed by atoms with Crippen LogP contribution in [0.4, 0.5) is 0 Å². The maximum atomic E-state index is 11.0. The Morgan fingerprint density at radius 3 is 2.62 bits per heavy atom. The third kappa shape index (κ3) is 2.70. The Kier molecular flexibility index (Phi) is 4.00. The SMILES string of the molecule is CC(C)c1ccn2cncc2c1[C@@H](O)[C@H]1CC[C@H](O)CC1. The number of pyridine rings is 1. The van der Waals surface area contributed by atoms with Crippen molar-refractivity contribution in [3.8, 4) is 0 Å². The lowest BCUT2D eigenvalue weighted by atomic mass is 9.79. The van der Waals surface area contributed by atoms with Crippen LogP contribution in [-0.4, -0.2) is 25.7 Å². The van der Waals surface area contributed by atoms with Crippen LogP contribution in [0.1, 0.15) is 62.7 Å². The van der Waals surface area contributed by atoms with Gasteiger partial charge in [-0.3, -0.25) is 0 Å². The smallest absolute Gasteiger partial charge is 0.0992 e. The van der Waals surface area contributed by atoms with Gasteiger partial charge in [0.25, 0.3) is 0 Å². The van der Waals surface area contributed by atoms with Crippen molar-refractivity contribution in [2.45, 2.75) is 57.7 Å². The normalized spacial score (nSPS) is 24.6. The molecule has 4 nitrogen and oxygen atoms in total. The lowest BCUT2D eigenvalue weighted by molar-refractivity contribution is 0.0414. The number of aliphatic hydroxyl groups is 2. The van der Waals surface area contributed by atoms with E-state index in [1.54, 1.807) is 6.33 Å². The summed E-state index contributed by atoms with van der Waals surface area (Å²) in [7, 11) is 0. The fourth-order valence-corrected chi connectivity index (χ4v) is 3.51. The lowest BCUT2D eigenvalue weighted by Gasteiger charge is -2.31. The highest BCUT2D eigenvalue weighted by Crippen LogP contribution is 2.39. The van der Waals surface area contributed by atoms with Crippen molar-refractivity contribution in [3.05, 3.63) is 35.9 Å². The van der Waals surface area contributed by atoms with Crippen LogP contribution in [0.5, 0.6) is 0 Å². The van der Waals surface area contributed by atoms with Crippen LogP contribution in [0, 0.1) is 5.92 Å². The number of aromatic nitrogens is 2. The van der Waals surface area contributed by atoms with E-state index in [0.29, 0.717) is 5.92 Å². The van der Waals surface area contributed by atoms with Crippen molar-refractivity contribution in [1.82, 2.24) is 9.38 Å². The fourth-order valence-electron chi connectivity index (χ4n) is 3.51. The standard InChI is InChI=1S/C17H24N2O2/c1-11(2)14-7-8-19-10-18-9-15(19)16(14)17(21)12-3-5-13(20)6-4-12/h7-13,17,20-21H,3-6H2,1-2H3/t12-,13-,17-/m0/s1. The summed E-state index contributed by atoms with van der Waals surface area (Å²) < 4.78 is 1.97. The number of nitrogens with zero attached hydrogens (tertiary/aromatic N) is 2. The van der Waals surface area contributed by atoms with Crippen LogP contribution in [-0.2, 0) is 0 Å². The van der Waals surface area contributed by atoms with Crippen molar-refractivity contribution in [3.63, 3.8) is 0 Å². The molecule has 0 bridgehead atoms. The van der Waals surface area contributed by atoms with E-state index < -0.39 is 6.10 Å². The van der Waals surface area contributed by atoms with E-state index in [4.69, 9.17) is 0 Å². The van der Waals surface area contributed by atoms with Crippen molar-refractivity contribution in [1.29, 1.82) is 0 Å². The Morgan fingerprint density at radius 2 is 1.95 bits per heavy atom. The van der Waals surface area contributed by atoms with E-state index >= 15 is 0 Å². The van der Waals surface area contributed by atoms with Gasteiger partial charge in [-0.15, -0.1) is 0 Å². The molecule has 0 unspecified atom stereocenters. The minimum absolute atomic E-state index is 0.191. The van der Waals surface area contributed by atoms with Gasteiger partial charge in [-0.1, -0.05) is 13.8 Å². The molecule has 1 aliphatic carbocycles. The first-order chi connectivity index (χ1) is 10.1. The first-order valence-electron chi connectivity index (χ1n) is 7.88. The lowest BCUT2D eigenvalue weighted by Crippen LogP contribution is -2.24. The average Bonchev–Trinajstić information content (AvgIpc) is 2.94. The van der Waals surface area contributed by atoms with Crippen LogP contribution in [0.3, 0.4) is 0 Å². The molecule has 0 radical (unpaired) electrons. The highest BCUT2D eigenvalue weighted by molar-refractivity contribution is 5.58. The second-order valence-electron chi connectivity index (χ2n) is 6.54. The molecule has 1 atom stereocenters. The van der Waals surface area contributed by atoms with Crippen LogP contribution < -0.4 is 0 Å². The molecule has 2 heterocycles. The number of rotatable bonds is 3. The number of fused-ring (bicyclic) bond motifs is 1. The molecule has 0 spiro atoms. The fraction of sp³-hybridized carbons (Fsp3) is 0.588. The van der Waals surface area contributed by atoms with Gasteiger partial charge in [-0.25, -0.2) is 4.98 Å². The van der Waals surface area contributed by atoms with Crippen LogP contribution in [0.2, 0.25) is 0 Å². The summed E-state index contributed by atoms with van der Waals surface area (Å²) in [5.41, 5.74) is 3.22. The first kappa shape index (κ1) is 14.5. The molecule has 114 valence electrons. The van der Waals surface area contributed by atoms with Gasteiger partial charge >= 0.3 is 0 Å². The zero-order valence-electron chi connectivity index (χ0n) is 12.7. The van der Waals surface area contributed by atoms with Crippen molar-refractivity contribution >= 4 is 5.52 Å². The van der Waals surface area contributed by atoms with Gasteiger partial charge in [0.2, 0.25) is 0 Å². The molecular weight excluding hydrogens is 264 g/mol. The number of hydrogen-bond donors (Lipinski definition) is 2. The van der Waals surface area contributed by atoms with E-state index in [-0.39, 0.29) is 12.0 Å². The average molecular weight is 288 g/mol. The van der Waals surface area contributed by atoms with Gasteiger partial charge in [-0.05, 0) is 49.1 Å². The summed E-state index contributed by atoms with van der Waals surface area (Å²) in [6.07, 6.45) is 8.31. The molecule has 2 N–H and O–H groups in total. The molecule has 0 saturated heterocycles. The summed E-state index contributed by atoms with van der Waals surface area (Å²) in [5, 5.41) is 20.6. The molecule has 0 aromatic carbocycles. The Balaban J connectivity index is 2.01. The van der Waals surface area contributed by atoms with Crippen molar-refractivity contribution in [2.24, 2.45) is 5.92 Å². The summed E-state index contributed by atoms with van der Waals surface area (Å²) in [6, 6.07) is 2.09. The predicted octanol–water partition coefficient (Wildman–Crippen LogP) is 3.04. The highest BCUT2D eigenvalue weighted by atomic mass is 16.3. The molecule has 0 amide bonds. The number of imidazole rings is 1. The van der Waals surface area contributed by atoms with E-state index in [1.807, 2.05) is 16.8 Å². The van der Waals surface area contributed by atoms with E-state index in [1.165, 1.54) is 5.56 Å². The molecule has 1 saturated carbocycles. The molecule has 2 aromatic rings. The summed E-state index contributed by atoms with van der Waals surface area (Å²) >= 11 is 0. The highest BCUT2D eigenvalue weighted by Gasteiger charge is 2.29. The molecule has 3 rings (SSSR count). The zero-order valence-corrected chi connectivity index (χ0v) is 12.7. The van der Waals surface area contributed by atoms with E-state index in [0.717, 1.165) is 36.8 Å². The monoisotopic (exact) mass is 288 g/mol. The molecule has 2 aromatic heterocycles. The van der Waals surface area contributed by atoms with Gasteiger partial charge in [0.1, 0.15) is 0 Å². The van der Waals surface area contributed by atoms with E-state index in [2.05, 4.69) is 24.9 Å². The van der Waals surface area contributed by atoms with Gasteiger partial charge in [-0.2, -0.15) is 0 Å². The third-order valence-corrected chi connectivity index (χ3v) is 4.77. The molecular formula is C17H24N2O2. The molecule has 4 heteroatoms. The maximum Gasteiger partial charge on any atom is 0.0992 e. The van der Waals surface area contributed by atoms with Crippen molar-refractivity contribution in [2.75, 3.05) is 0 Å². The zero-order chi connectivity index (χ0) is 15.0. The Bertz CT molecular complexity index is 612.